The first-order chi connectivity index (χ1) is 14.6. The topological polar surface area (TPSA) is 0 Å². The molecule has 0 N–H and O–H groups in total. The number of benzene rings is 2. The zero-order chi connectivity index (χ0) is 21.1. The summed E-state index contributed by atoms with van der Waals surface area (Å²) in [6.07, 6.45) is 15.7. The van der Waals surface area contributed by atoms with Crippen LogP contribution in [0.2, 0.25) is 0 Å². The second-order valence-corrected chi connectivity index (χ2v) is 9.80. The van der Waals surface area contributed by atoms with E-state index >= 15 is 0 Å². The summed E-state index contributed by atoms with van der Waals surface area (Å²) in [5.41, 5.74) is 1.59. The minimum atomic E-state index is -0.683. The maximum absolute atomic E-state index is 14.5. The first kappa shape index (κ1) is 21.5. The second-order valence-electron chi connectivity index (χ2n) is 9.80. The lowest BCUT2D eigenvalue weighted by molar-refractivity contribution is 0.153. The van der Waals surface area contributed by atoms with Gasteiger partial charge in [0.25, 0.3) is 0 Å². The molecule has 30 heavy (non-hydrogen) atoms. The summed E-state index contributed by atoms with van der Waals surface area (Å²) in [6.45, 7) is 5.83. The van der Waals surface area contributed by atoms with Crippen molar-refractivity contribution in [3.05, 3.63) is 59.7 Å². The molecule has 0 spiro atoms. The molecular weight excluding hydrogens is 374 g/mol. The van der Waals surface area contributed by atoms with Gasteiger partial charge in [-0.15, -0.1) is 6.58 Å². The van der Waals surface area contributed by atoms with Crippen LogP contribution < -0.4 is 0 Å². The van der Waals surface area contributed by atoms with Crippen molar-refractivity contribution >= 4 is 10.8 Å². The highest BCUT2D eigenvalue weighted by Crippen LogP contribution is 2.42. The standard InChI is InChI=1S/C28H36F2/c1-3-19-7-12-23(13-8-19)24-14-9-20(10-15-24)5-6-21-11-16-25-18-22(4-2)27(29)28(30)26(25)17-21/h3,11,16-20,23-24H,1,4-10,12-15H2,2H3. The van der Waals surface area contributed by atoms with Crippen molar-refractivity contribution in [3.63, 3.8) is 0 Å². The Morgan fingerprint density at radius 1 is 0.900 bits per heavy atom. The lowest BCUT2D eigenvalue weighted by Crippen LogP contribution is -2.25. The Kier molecular flexibility index (Phi) is 6.91. The molecule has 0 saturated heterocycles. The van der Waals surface area contributed by atoms with E-state index in [2.05, 4.69) is 18.7 Å². The van der Waals surface area contributed by atoms with E-state index in [0.717, 1.165) is 41.0 Å². The minimum Gasteiger partial charge on any atom is -0.203 e. The molecule has 2 saturated carbocycles. The van der Waals surface area contributed by atoms with Crippen molar-refractivity contribution in [1.82, 2.24) is 0 Å². The molecule has 162 valence electrons. The summed E-state index contributed by atoms with van der Waals surface area (Å²) in [7, 11) is 0. The lowest BCUT2D eigenvalue weighted by Gasteiger charge is -2.37. The molecule has 0 amide bonds. The van der Waals surface area contributed by atoms with Crippen molar-refractivity contribution in [1.29, 1.82) is 0 Å². The van der Waals surface area contributed by atoms with Crippen LogP contribution in [-0.4, -0.2) is 0 Å². The molecule has 0 bridgehead atoms. The predicted molar refractivity (Wildman–Crippen MR) is 123 cm³/mol. The number of fused-ring (bicyclic) bond motifs is 1. The molecule has 0 radical (unpaired) electrons. The molecule has 0 unspecified atom stereocenters. The van der Waals surface area contributed by atoms with Gasteiger partial charge < -0.3 is 0 Å². The van der Waals surface area contributed by atoms with E-state index in [0.29, 0.717) is 17.4 Å². The summed E-state index contributed by atoms with van der Waals surface area (Å²) < 4.78 is 28.7. The highest BCUT2D eigenvalue weighted by Gasteiger charge is 2.30. The summed E-state index contributed by atoms with van der Waals surface area (Å²) in [5, 5.41) is 1.24. The largest absolute Gasteiger partial charge is 0.203 e. The van der Waals surface area contributed by atoms with Crippen LogP contribution in [0.3, 0.4) is 0 Å². The first-order valence-electron chi connectivity index (χ1n) is 12.1. The van der Waals surface area contributed by atoms with Gasteiger partial charge >= 0.3 is 0 Å². The van der Waals surface area contributed by atoms with Gasteiger partial charge in [0.15, 0.2) is 11.6 Å². The summed E-state index contributed by atoms with van der Waals surface area (Å²) in [5.74, 6) is 2.04. The Balaban J connectivity index is 1.31. The molecule has 0 aliphatic heterocycles. The van der Waals surface area contributed by atoms with Gasteiger partial charge in [-0.1, -0.05) is 38.0 Å². The molecule has 2 aromatic rings. The number of allylic oxidation sites excluding steroid dienone is 1. The third kappa shape index (κ3) is 4.63. The van der Waals surface area contributed by atoms with Crippen molar-refractivity contribution in [2.45, 2.75) is 77.6 Å². The van der Waals surface area contributed by atoms with Gasteiger partial charge in [0, 0.05) is 5.39 Å². The van der Waals surface area contributed by atoms with Crippen LogP contribution in [0.5, 0.6) is 0 Å². The minimum absolute atomic E-state index is 0.432. The smallest absolute Gasteiger partial charge is 0.166 e. The van der Waals surface area contributed by atoms with Gasteiger partial charge in [-0.25, -0.2) is 8.78 Å². The lowest BCUT2D eigenvalue weighted by atomic mass is 9.68. The monoisotopic (exact) mass is 410 g/mol. The maximum Gasteiger partial charge on any atom is 0.166 e. The van der Waals surface area contributed by atoms with Gasteiger partial charge in [0.1, 0.15) is 0 Å². The number of hydrogen-bond acceptors (Lipinski definition) is 0. The van der Waals surface area contributed by atoms with E-state index in [1.54, 1.807) is 6.07 Å². The average molecular weight is 411 g/mol. The summed E-state index contributed by atoms with van der Waals surface area (Å²) in [6, 6.07) is 7.73. The number of hydrogen-bond donors (Lipinski definition) is 0. The molecule has 4 rings (SSSR count). The van der Waals surface area contributed by atoms with Crippen LogP contribution >= 0.6 is 0 Å². The Morgan fingerprint density at radius 2 is 1.57 bits per heavy atom. The highest BCUT2D eigenvalue weighted by atomic mass is 19.2. The zero-order valence-electron chi connectivity index (χ0n) is 18.4. The highest BCUT2D eigenvalue weighted by molar-refractivity contribution is 5.84. The average Bonchev–Trinajstić information content (AvgIpc) is 2.80. The van der Waals surface area contributed by atoms with E-state index < -0.39 is 11.6 Å². The molecule has 2 aliphatic rings. The quantitative estimate of drug-likeness (QED) is 0.419. The Bertz CT molecular complexity index is 868. The van der Waals surface area contributed by atoms with E-state index in [-0.39, 0.29) is 0 Å². The van der Waals surface area contributed by atoms with Gasteiger partial charge in [-0.3, -0.25) is 0 Å². The molecule has 0 heterocycles. The van der Waals surface area contributed by atoms with Crippen molar-refractivity contribution < 1.29 is 8.78 Å². The van der Waals surface area contributed by atoms with Crippen LogP contribution in [0.4, 0.5) is 8.78 Å². The van der Waals surface area contributed by atoms with Crippen molar-refractivity contribution in [3.8, 4) is 0 Å². The maximum atomic E-state index is 14.5. The van der Waals surface area contributed by atoms with Crippen LogP contribution in [0.25, 0.3) is 10.8 Å². The molecule has 0 nitrogen and oxygen atoms in total. The second kappa shape index (κ2) is 9.62. The molecule has 0 atom stereocenters. The fourth-order valence-corrected chi connectivity index (χ4v) is 6.01. The van der Waals surface area contributed by atoms with Crippen molar-refractivity contribution in [2.75, 3.05) is 0 Å². The Hall–Kier alpha value is -1.70. The molecule has 2 fully saturated rings. The Labute approximate surface area is 180 Å². The van der Waals surface area contributed by atoms with E-state index in [9.17, 15) is 8.78 Å². The molecule has 2 heteroatoms. The molecular formula is C28H36F2. The van der Waals surface area contributed by atoms with E-state index in [1.165, 1.54) is 57.8 Å². The van der Waals surface area contributed by atoms with Gasteiger partial charge in [0.05, 0.1) is 0 Å². The predicted octanol–water partition coefficient (Wildman–Crippen LogP) is 8.41. The number of aryl methyl sites for hydroxylation is 2. The Morgan fingerprint density at radius 3 is 2.20 bits per heavy atom. The van der Waals surface area contributed by atoms with Crippen LogP contribution in [0.1, 0.15) is 75.8 Å². The zero-order valence-corrected chi connectivity index (χ0v) is 18.4. The molecule has 2 aromatic carbocycles. The number of halogens is 2. The van der Waals surface area contributed by atoms with E-state index in [4.69, 9.17) is 0 Å². The summed E-state index contributed by atoms with van der Waals surface area (Å²) >= 11 is 0. The third-order valence-electron chi connectivity index (χ3n) is 8.09. The first-order valence-corrected chi connectivity index (χ1v) is 12.1. The molecule has 2 aliphatic carbocycles. The number of rotatable bonds is 6. The van der Waals surface area contributed by atoms with Crippen LogP contribution in [0, 0.1) is 35.3 Å². The fraction of sp³-hybridized carbons (Fsp3) is 0.571. The van der Waals surface area contributed by atoms with Crippen LogP contribution in [-0.2, 0) is 12.8 Å². The van der Waals surface area contributed by atoms with E-state index in [1.807, 2.05) is 19.1 Å². The van der Waals surface area contributed by atoms with Crippen molar-refractivity contribution in [2.24, 2.45) is 23.7 Å². The fourth-order valence-electron chi connectivity index (χ4n) is 6.01. The van der Waals surface area contributed by atoms with Gasteiger partial charge in [0.2, 0.25) is 0 Å². The molecule has 0 aromatic heterocycles. The normalized spacial score (nSPS) is 27.3. The van der Waals surface area contributed by atoms with Gasteiger partial charge in [-0.2, -0.15) is 0 Å². The SMILES string of the molecule is C=CC1CCC(C2CCC(CCc3ccc4cc(CC)c(F)c(F)c4c3)CC2)CC1. The third-order valence-corrected chi connectivity index (χ3v) is 8.09. The summed E-state index contributed by atoms with van der Waals surface area (Å²) in [4.78, 5) is 0. The van der Waals surface area contributed by atoms with Crippen LogP contribution in [0.15, 0.2) is 36.9 Å². The van der Waals surface area contributed by atoms with Gasteiger partial charge in [-0.05, 0) is 110 Å².